The molecule has 0 amide bonds. The molecule has 1 aromatic carbocycles. The monoisotopic (exact) mass is 220 g/mol. The SMILES string of the molecule is CC1CC(Nc2ccccc2CO)CN1C. The molecule has 88 valence electrons. The van der Waals surface area contributed by atoms with Gasteiger partial charge in [0.15, 0.2) is 0 Å². The highest BCUT2D eigenvalue weighted by Gasteiger charge is 2.26. The Bertz CT molecular complexity index is 344. The number of nitrogens with one attached hydrogen (secondary N) is 1. The molecule has 0 radical (unpaired) electrons. The molecule has 1 fully saturated rings. The van der Waals surface area contributed by atoms with Crippen LogP contribution in [0.25, 0.3) is 0 Å². The second-order valence-corrected chi connectivity index (χ2v) is 4.68. The number of nitrogens with zero attached hydrogens (tertiary/aromatic N) is 1. The van der Waals surface area contributed by atoms with E-state index in [9.17, 15) is 5.11 Å². The molecule has 0 spiro atoms. The molecule has 0 aromatic heterocycles. The van der Waals surface area contributed by atoms with Gasteiger partial charge in [-0.25, -0.2) is 0 Å². The van der Waals surface area contributed by atoms with Gasteiger partial charge in [-0.2, -0.15) is 0 Å². The minimum Gasteiger partial charge on any atom is -0.392 e. The molecule has 0 aliphatic carbocycles. The van der Waals surface area contributed by atoms with Crippen LogP contribution in [0.15, 0.2) is 24.3 Å². The number of aliphatic hydroxyl groups excluding tert-OH is 1. The van der Waals surface area contributed by atoms with Crippen LogP contribution in [-0.2, 0) is 6.61 Å². The largest absolute Gasteiger partial charge is 0.392 e. The number of anilines is 1. The maximum atomic E-state index is 9.25. The first-order chi connectivity index (χ1) is 7.70. The van der Waals surface area contributed by atoms with Crippen molar-refractivity contribution in [3.63, 3.8) is 0 Å². The van der Waals surface area contributed by atoms with Gasteiger partial charge in [-0.3, -0.25) is 0 Å². The highest BCUT2D eigenvalue weighted by Crippen LogP contribution is 2.22. The summed E-state index contributed by atoms with van der Waals surface area (Å²) >= 11 is 0. The van der Waals surface area contributed by atoms with E-state index in [4.69, 9.17) is 0 Å². The minimum absolute atomic E-state index is 0.0985. The van der Waals surface area contributed by atoms with E-state index in [0.717, 1.165) is 24.2 Å². The molecule has 16 heavy (non-hydrogen) atoms. The minimum atomic E-state index is 0.0985. The van der Waals surface area contributed by atoms with Crippen molar-refractivity contribution in [1.82, 2.24) is 4.90 Å². The second kappa shape index (κ2) is 4.85. The van der Waals surface area contributed by atoms with Crippen molar-refractivity contribution in [2.24, 2.45) is 0 Å². The Balaban J connectivity index is 2.04. The van der Waals surface area contributed by atoms with Crippen LogP contribution in [0.4, 0.5) is 5.69 Å². The molecule has 2 unspecified atom stereocenters. The number of aliphatic hydroxyl groups is 1. The van der Waals surface area contributed by atoms with Crippen molar-refractivity contribution < 1.29 is 5.11 Å². The molecule has 3 heteroatoms. The molecule has 0 saturated carbocycles. The molecule has 1 aliphatic rings. The van der Waals surface area contributed by atoms with Crippen LogP contribution < -0.4 is 5.32 Å². The number of likely N-dealkylation sites (N-methyl/N-ethyl adjacent to an activating group) is 1. The fourth-order valence-corrected chi connectivity index (χ4v) is 2.32. The van der Waals surface area contributed by atoms with Crippen LogP contribution in [0.2, 0.25) is 0 Å². The van der Waals surface area contributed by atoms with Crippen LogP contribution in [0.3, 0.4) is 0 Å². The summed E-state index contributed by atoms with van der Waals surface area (Å²) in [6, 6.07) is 9.09. The van der Waals surface area contributed by atoms with Crippen LogP contribution in [0, 0.1) is 0 Å². The first-order valence-electron chi connectivity index (χ1n) is 5.86. The smallest absolute Gasteiger partial charge is 0.0701 e. The fraction of sp³-hybridized carbons (Fsp3) is 0.538. The maximum absolute atomic E-state index is 9.25. The first kappa shape index (κ1) is 11.4. The van der Waals surface area contributed by atoms with E-state index in [1.165, 1.54) is 0 Å². The standard InChI is InChI=1S/C13H20N2O/c1-10-7-12(8-15(10)2)14-13-6-4-3-5-11(13)9-16/h3-6,10,12,14,16H,7-9H2,1-2H3. The Hall–Kier alpha value is -1.06. The summed E-state index contributed by atoms with van der Waals surface area (Å²) in [5.74, 6) is 0. The van der Waals surface area contributed by atoms with Gasteiger partial charge in [-0.15, -0.1) is 0 Å². The van der Waals surface area contributed by atoms with E-state index < -0.39 is 0 Å². The van der Waals surface area contributed by atoms with Crippen molar-refractivity contribution in [2.75, 3.05) is 18.9 Å². The van der Waals surface area contributed by atoms with Gasteiger partial charge in [0.05, 0.1) is 6.61 Å². The number of hydrogen-bond acceptors (Lipinski definition) is 3. The number of para-hydroxylation sites is 1. The molecule has 2 atom stereocenters. The number of hydrogen-bond donors (Lipinski definition) is 2. The lowest BCUT2D eigenvalue weighted by molar-refractivity contribution is 0.282. The van der Waals surface area contributed by atoms with Crippen molar-refractivity contribution in [2.45, 2.75) is 32.0 Å². The number of benzene rings is 1. The summed E-state index contributed by atoms with van der Waals surface area (Å²) in [6.07, 6.45) is 1.16. The highest BCUT2D eigenvalue weighted by atomic mass is 16.3. The van der Waals surface area contributed by atoms with E-state index in [-0.39, 0.29) is 6.61 Å². The van der Waals surface area contributed by atoms with E-state index in [0.29, 0.717) is 12.1 Å². The van der Waals surface area contributed by atoms with Crippen molar-refractivity contribution >= 4 is 5.69 Å². The van der Waals surface area contributed by atoms with E-state index in [1.807, 2.05) is 24.3 Å². The molecule has 1 saturated heterocycles. The fourth-order valence-electron chi connectivity index (χ4n) is 2.32. The average Bonchev–Trinajstić information content (AvgIpc) is 2.59. The summed E-state index contributed by atoms with van der Waals surface area (Å²) in [7, 11) is 2.16. The molecule has 2 rings (SSSR count). The van der Waals surface area contributed by atoms with E-state index in [2.05, 4.69) is 24.2 Å². The zero-order valence-corrected chi connectivity index (χ0v) is 9.98. The van der Waals surface area contributed by atoms with Crippen molar-refractivity contribution in [3.05, 3.63) is 29.8 Å². The Kier molecular flexibility index (Phi) is 3.46. The van der Waals surface area contributed by atoms with Gasteiger partial charge in [0, 0.05) is 29.9 Å². The predicted octanol–water partition coefficient (Wildman–Crippen LogP) is 1.68. The lowest BCUT2D eigenvalue weighted by atomic mass is 10.1. The quantitative estimate of drug-likeness (QED) is 0.813. The maximum Gasteiger partial charge on any atom is 0.0701 e. The zero-order valence-electron chi connectivity index (χ0n) is 9.98. The molecular formula is C13H20N2O. The topological polar surface area (TPSA) is 35.5 Å². The second-order valence-electron chi connectivity index (χ2n) is 4.68. The third-order valence-electron chi connectivity index (χ3n) is 3.43. The van der Waals surface area contributed by atoms with E-state index in [1.54, 1.807) is 0 Å². The normalized spacial score (nSPS) is 25.9. The first-order valence-corrected chi connectivity index (χ1v) is 5.86. The predicted molar refractivity (Wildman–Crippen MR) is 66.5 cm³/mol. The summed E-state index contributed by atoms with van der Waals surface area (Å²) < 4.78 is 0. The van der Waals surface area contributed by atoms with Crippen LogP contribution >= 0.6 is 0 Å². The molecular weight excluding hydrogens is 200 g/mol. The van der Waals surface area contributed by atoms with Crippen LogP contribution in [0.1, 0.15) is 18.9 Å². The van der Waals surface area contributed by atoms with Crippen LogP contribution in [0.5, 0.6) is 0 Å². The Morgan fingerprint density at radius 2 is 2.19 bits per heavy atom. The van der Waals surface area contributed by atoms with Gasteiger partial charge >= 0.3 is 0 Å². The average molecular weight is 220 g/mol. The van der Waals surface area contributed by atoms with Crippen molar-refractivity contribution in [1.29, 1.82) is 0 Å². The Morgan fingerprint density at radius 1 is 1.44 bits per heavy atom. The lowest BCUT2D eigenvalue weighted by Gasteiger charge is -2.16. The van der Waals surface area contributed by atoms with Gasteiger partial charge in [-0.05, 0) is 26.5 Å². The van der Waals surface area contributed by atoms with Gasteiger partial charge in [0.1, 0.15) is 0 Å². The molecule has 3 nitrogen and oxygen atoms in total. The summed E-state index contributed by atoms with van der Waals surface area (Å²) in [6.45, 7) is 3.42. The summed E-state index contributed by atoms with van der Waals surface area (Å²) in [4.78, 5) is 2.36. The highest BCUT2D eigenvalue weighted by molar-refractivity contribution is 5.51. The molecule has 2 N–H and O–H groups in total. The summed E-state index contributed by atoms with van der Waals surface area (Å²) in [5.41, 5.74) is 2.04. The third kappa shape index (κ3) is 2.36. The van der Waals surface area contributed by atoms with Gasteiger partial charge in [0.2, 0.25) is 0 Å². The lowest BCUT2D eigenvalue weighted by Crippen LogP contribution is -2.25. The Labute approximate surface area is 97.1 Å². The zero-order chi connectivity index (χ0) is 11.5. The number of rotatable bonds is 3. The van der Waals surface area contributed by atoms with E-state index >= 15 is 0 Å². The molecule has 1 aromatic rings. The van der Waals surface area contributed by atoms with Gasteiger partial charge < -0.3 is 15.3 Å². The third-order valence-corrected chi connectivity index (χ3v) is 3.43. The molecule has 1 aliphatic heterocycles. The molecule has 1 heterocycles. The Morgan fingerprint density at radius 3 is 2.81 bits per heavy atom. The molecule has 0 bridgehead atoms. The van der Waals surface area contributed by atoms with Gasteiger partial charge in [-0.1, -0.05) is 18.2 Å². The number of likely N-dealkylation sites (tertiary alicyclic amines) is 1. The van der Waals surface area contributed by atoms with Gasteiger partial charge in [0.25, 0.3) is 0 Å². The van der Waals surface area contributed by atoms with Crippen molar-refractivity contribution in [3.8, 4) is 0 Å². The summed E-state index contributed by atoms with van der Waals surface area (Å²) in [5, 5.41) is 12.8. The van der Waals surface area contributed by atoms with Crippen LogP contribution in [-0.4, -0.2) is 35.7 Å².